The third-order valence-electron chi connectivity index (χ3n) is 4.59. The highest BCUT2D eigenvalue weighted by atomic mass is 16.5. The Morgan fingerprint density at radius 2 is 1.92 bits per heavy atom. The Labute approximate surface area is 146 Å². The number of nitrogens with one attached hydrogen (secondary N) is 1. The van der Waals surface area contributed by atoms with Crippen LogP contribution in [0.5, 0.6) is 11.5 Å². The summed E-state index contributed by atoms with van der Waals surface area (Å²) in [7, 11) is 4.40. The average molecular weight is 346 g/mol. The number of benzene rings is 1. The van der Waals surface area contributed by atoms with Crippen molar-refractivity contribution < 1.29 is 23.8 Å². The van der Waals surface area contributed by atoms with Crippen molar-refractivity contribution in [2.24, 2.45) is 0 Å². The molecule has 0 saturated heterocycles. The van der Waals surface area contributed by atoms with Gasteiger partial charge < -0.3 is 19.5 Å². The minimum atomic E-state index is -0.667. The average Bonchev–Trinajstić information content (AvgIpc) is 3.44. The van der Waals surface area contributed by atoms with Gasteiger partial charge in [-0.1, -0.05) is 12.1 Å². The largest absolute Gasteiger partial charge is 0.493 e. The van der Waals surface area contributed by atoms with E-state index in [4.69, 9.17) is 14.2 Å². The molecule has 7 nitrogen and oxygen atoms in total. The van der Waals surface area contributed by atoms with Crippen molar-refractivity contribution in [1.82, 2.24) is 10.2 Å². The SMILES string of the molecule is COC(=O)C1=C(C)N(C2CC2)C(=O)N[C@H]1c1cccc(OC)c1OC. The van der Waals surface area contributed by atoms with Gasteiger partial charge in [0.2, 0.25) is 0 Å². The number of allylic oxidation sites excluding steroid dienone is 1. The first-order valence-electron chi connectivity index (χ1n) is 8.13. The van der Waals surface area contributed by atoms with E-state index in [1.165, 1.54) is 21.3 Å². The fourth-order valence-corrected chi connectivity index (χ4v) is 3.28. The minimum absolute atomic E-state index is 0.146. The van der Waals surface area contributed by atoms with Gasteiger partial charge in [-0.25, -0.2) is 9.59 Å². The van der Waals surface area contributed by atoms with Crippen LogP contribution in [0.4, 0.5) is 4.79 Å². The summed E-state index contributed by atoms with van der Waals surface area (Å²) in [6, 6.07) is 4.61. The number of rotatable bonds is 5. The number of carbonyl (C=O) groups excluding carboxylic acids is 2. The number of urea groups is 1. The predicted molar refractivity (Wildman–Crippen MR) is 90.4 cm³/mol. The zero-order valence-corrected chi connectivity index (χ0v) is 14.8. The molecule has 0 unspecified atom stereocenters. The van der Waals surface area contributed by atoms with Crippen molar-refractivity contribution in [2.45, 2.75) is 31.8 Å². The molecule has 1 heterocycles. The lowest BCUT2D eigenvalue weighted by Gasteiger charge is -2.35. The fraction of sp³-hybridized carbons (Fsp3) is 0.444. The topological polar surface area (TPSA) is 77.1 Å². The monoisotopic (exact) mass is 346 g/mol. The molecule has 1 aliphatic carbocycles. The van der Waals surface area contributed by atoms with Gasteiger partial charge in [0.1, 0.15) is 0 Å². The summed E-state index contributed by atoms with van der Waals surface area (Å²) in [4.78, 5) is 26.8. The van der Waals surface area contributed by atoms with Crippen LogP contribution in [-0.4, -0.2) is 44.3 Å². The van der Waals surface area contributed by atoms with Crippen LogP contribution in [0, 0.1) is 0 Å². The molecular weight excluding hydrogens is 324 g/mol. The summed E-state index contributed by atoms with van der Waals surface area (Å²) in [5.41, 5.74) is 1.67. The zero-order chi connectivity index (χ0) is 18.1. The van der Waals surface area contributed by atoms with Gasteiger partial charge in [-0.15, -0.1) is 0 Å². The maximum atomic E-state index is 12.6. The second-order valence-electron chi connectivity index (χ2n) is 6.06. The molecular formula is C18H22N2O5. The van der Waals surface area contributed by atoms with Gasteiger partial charge in [0.25, 0.3) is 0 Å². The molecule has 1 saturated carbocycles. The van der Waals surface area contributed by atoms with Crippen molar-refractivity contribution in [3.63, 3.8) is 0 Å². The lowest BCUT2D eigenvalue weighted by molar-refractivity contribution is -0.136. The van der Waals surface area contributed by atoms with E-state index in [9.17, 15) is 9.59 Å². The smallest absolute Gasteiger partial charge is 0.337 e. The first-order valence-corrected chi connectivity index (χ1v) is 8.13. The van der Waals surface area contributed by atoms with E-state index in [2.05, 4.69) is 5.32 Å². The number of hydrogen-bond donors (Lipinski definition) is 1. The van der Waals surface area contributed by atoms with Gasteiger partial charge in [0, 0.05) is 17.3 Å². The van der Waals surface area contributed by atoms with Crippen LogP contribution in [0.1, 0.15) is 31.4 Å². The third-order valence-corrected chi connectivity index (χ3v) is 4.59. The van der Waals surface area contributed by atoms with Crippen LogP contribution in [0.25, 0.3) is 0 Å². The number of nitrogens with zero attached hydrogens (tertiary/aromatic N) is 1. The van der Waals surface area contributed by atoms with Crippen LogP contribution in [-0.2, 0) is 9.53 Å². The Morgan fingerprint density at radius 3 is 2.48 bits per heavy atom. The van der Waals surface area contributed by atoms with Gasteiger partial charge in [0.05, 0.1) is 32.9 Å². The molecule has 7 heteroatoms. The number of hydrogen-bond acceptors (Lipinski definition) is 5. The fourth-order valence-electron chi connectivity index (χ4n) is 3.28. The Balaban J connectivity index is 2.14. The van der Waals surface area contributed by atoms with Gasteiger partial charge in [-0.3, -0.25) is 4.90 Å². The Hall–Kier alpha value is -2.70. The highest BCUT2D eigenvalue weighted by Crippen LogP contribution is 2.42. The van der Waals surface area contributed by atoms with Crippen LogP contribution < -0.4 is 14.8 Å². The molecule has 1 aromatic carbocycles. The van der Waals surface area contributed by atoms with Crippen molar-refractivity contribution in [1.29, 1.82) is 0 Å². The quantitative estimate of drug-likeness (QED) is 0.829. The molecule has 1 fully saturated rings. The Morgan fingerprint density at radius 1 is 1.20 bits per heavy atom. The summed E-state index contributed by atoms with van der Waals surface area (Å²) in [5.74, 6) is 0.531. The lowest BCUT2D eigenvalue weighted by Crippen LogP contribution is -2.48. The zero-order valence-electron chi connectivity index (χ0n) is 14.8. The maximum Gasteiger partial charge on any atom is 0.337 e. The van der Waals surface area contributed by atoms with Crippen molar-refractivity contribution in [3.8, 4) is 11.5 Å². The highest BCUT2D eigenvalue weighted by molar-refractivity contribution is 5.95. The maximum absolute atomic E-state index is 12.6. The highest BCUT2D eigenvalue weighted by Gasteiger charge is 2.43. The third kappa shape index (κ3) is 2.90. The molecule has 1 N–H and O–H groups in total. The number of esters is 1. The van der Waals surface area contributed by atoms with Crippen LogP contribution in [0.3, 0.4) is 0 Å². The van der Waals surface area contributed by atoms with Crippen molar-refractivity contribution >= 4 is 12.0 Å². The number of methoxy groups -OCH3 is 3. The predicted octanol–water partition coefficient (Wildman–Crippen LogP) is 2.38. The summed E-state index contributed by atoms with van der Waals surface area (Å²) < 4.78 is 15.8. The van der Waals surface area contributed by atoms with E-state index >= 15 is 0 Å². The molecule has 0 radical (unpaired) electrons. The van der Waals surface area contributed by atoms with Gasteiger partial charge in [0.15, 0.2) is 11.5 Å². The lowest BCUT2D eigenvalue weighted by atomic mass is 9.93. The molecule has 0 spiro atoms. The van der Waals surface area contributed by atoms with E-state index in [1.807, 2.05) is 0 Å². The molecule has 0 aromatic heterocycles. The van der Waals surface area contributed by atoms with E-state index in [0.717, 1.165) is 12.8 Å². The Bertz CT molecular complexity index is 739. The summed E-state index contributed by atoms with van der Waals surface area (Å²) >= 11 is 0. The Kier molecular flexibility index (Phi) is 4.57. The van der Waals surface area contributed by atoms with Crippen LogP contribution in [0.15, 0.2) is 29.5 Å². The standard InChI is InChI=1S/C18H22N2O5/c1-10-14(17(21)25-4)15(19-18(22)20(10)11-8-9-11)12-6-5-7-13(23-2)16(12)24-3/h5-7,11,15H,8-9H2,1-4H3,(H,19,22)/t15-/m0/s1. The normalized spacial score (nSPS) is 20.2. The van der Waals surface area contributed by atoms with Crippen molar-refractivity contribution in [3.05, 3.63) is 35.0 Å². The van der Waals surface area contributed by atoms with Gasteiger partial charge >= 0.3 is 12.0 Å². The summed E-state index contributed by atoms with van der Waals surface area (Å²) in [5, 5.41) is 2.92. The molecule has 3 rings (SSSR count). The second-order valence-corrected chi connectivity index (χ2v) is 6.06. The molecule has 134 valence electrons. The van der Waals surface area contributed by atoms with Gasteiger partial charge in [-0.05, 0) is 25.8 Å². The number of amides is 2. The number of para-hydroxylation sites is 1. The molecule has 1 atom stereocenters. The minimum Gasteiger partial charge on any atom is -0.493 e. The molecule has 0 bridgehead atoms. The van der Waals surface area contributed by atoms with E-state index in [-0.39, 0.29) is 12.1 Å². The van der Waals surface area contributed by atoms with Crippen LogP contribution >= 0.6 is 0 Å². The first-order chi connectivity index (χ1) is 12.0. The number of ether oxygens (including phenoxy) is 3. The second kappa shape index (κ2) is 6.66. The van der Waals surface area contributed by atoms with E-state index < -0.39 is 12.0 Å². The molecule has 1 aliphatic heterocycles. The molecule has 25 heavy (non-hydrogen) atoms. The van der Waals surface area contributed by atoms with Crippen molar-refractivity contribution in [2.75, 3.05) is 21.3 Å². The first kappa shape index (κ1) is 17.1. The van der Waals surface area contributed by atoms with Crippen LogP contribution in [0.2, 0.25) is 0 Å². The summed E-state index contributed by atoms with van der Waals surface area (Å²) in [6.07, 6.45) is 1.87. The number of carbonyl (C=O) groups is 2. The summed E-state index contributed by atoms with van der Waals surface area (Å²) in [6.45, 7) is 1.78. The van der Waals surface area contributed by atoms with E-state index in [0.29, 0.717) is 28.3 Å². The molecule has 1 aromatic rings. The van der Waals surface area contributed by atoms with Gasteiger partial charge in [-0.2, -0.15) is 0 Å². The molecule has 2 aliphatic rings. The van der Waals surface area contributed by atoms with E-state index in [1.54, 1.807) is 30.0 Å². The molecule has 2 amide bonds.